The number of carbonyl (C=O) groups is 2. The third-order valence-electron chi connectivity index (χ3n) is 3.17. The summed E-state index contributed by atoms with van der Waals surface area (Å²) in [5.74, 6) is -0.194. The van der Waals surface area contributed by atoms with Crippen LogP contribution in [0.25, 0.3) is 0 Å². The molecule has 19 heavy (non-hydrogen) atoms. The van der Waals surface area contributed by atoms with Crippen molar-refractivity contribution in [2.45, 2.75) is 58.3 Å². The first-order chi connectivity index (χ1) is 9.24. The molecular weight excluding hydrogens is 240 g/mol. The molecule has 0 atom stereocenters. The standard InChI is InChI=1S/C16H24O3/c1-2-3-4-5-6-7-8-9-12-19-16-13-14(17)10-11-15(16)18/h10-11,13H,2-9,12H2,1H3. The van der Waals surface area contributed by atoms with Gasteiger partial charge in [0, 0.05) is 6.08 Å². The molecule has 1 aliphatic rings. The molecular formula is C16H24O3. The monoisotopic (exact) mass is 264 g/mol. The molecule has 0 radical (unpaired) electrons. The summed E-state index contributed by atoms with van der Waals surface area (Å²) in [6, 6.07) is 0. The fourth-order valence-corrected chi connectivity index (χ4v) is 2.02. The molecule has 0 N–H and O–H groups in total. The minimum Gasteiger partial charge on any atom is -0.489 e. The summed E-state index contributed by atoms with van der Waals surface area (Å²) in [6.45, 7) is 2.74. The number of ether oxygens (including phenoxy) is 1. The summed E-state index contributed by atoms with van der Waals surface area (Å²) in [6.07, 6.45) is 13.6. The molecule has 0 heterocycles. The van der Waals surface area contributed by atoms with E-state index in [9.17, 15) is 9.59 Å². The number of carbonyl (C=O) groups excluding carboxylic acids is 2. The van der Waals surface area contributed by atoms with Gasteiger partial charge in [0.2, 0.25) is 5.78 Å². The maximum atomic E-state index is 11.4. The van der Waals surface area contributed by atoms with Gasteiger partial charge in [-0.15, -0.1) is 0 Å². The van der Waals surface area contributed by atoms with Crippen LogP contribution in [0.2, 0.25) is 0 Å². The van der Waals surface area contributed by atoms with Crippen molar-refractivity contribution in [2.24, 2.45) is 0 Å². The van der Waals surface area contributed by atoms with Crippen LogP contribution in [0.3, 0.4) is 0 Å². The molecule has 0 amide bonds. The van der Waals surface area contributed by atoms with Gasteiger partial charge in [-0.05, 0) is 18.6 Å². The van der Waals surface area contributed by atoms with E-state index < -0.39 is 0 Å². The van der Waals surface area contributed by atoms with Crippen molar-refractivity contribution in [3.63, 3.8) is 0 Å². The third kappa shape index (κ3) is 6.94. The fraction of sp³-hybridized carbons (Fsp3) is 0.625. The van der Waals surface area contributed by atoms with E-state index in [-0.39, 0.29) is 17.3 Å². The second-order valence-electron chi connectivity index (χ2n) is 4.93. The Bertz CT molecular complexity index is 353. The molecule has 1 aliphatic carbocycles. The van der Waals surface area contributed by atoms with Crippen molar-refractivity contribution in [1.82, 2.24) is 0 Å². The van der Waals surface area contributed by atoms with Crippen LogP contribution in [-0.2, 0) is 14.3 Å². The Hall–Kier alpha value is -1.38. The lowest BCUT2D eigenvalue weighted by Gasteiger charge is -2.09. The fourth-order valence-electron chi connectivity index (χ4n) is 2.02. The van der Waals surface area contributed by atoms with Crippen molar-refractivity contribution in [2.75, 3.05) is 6.61 Å². The number of unbranched alkanes of at least 4 members (excludes halogenated alkanes) is 7. The molecule has 0 aromatic carbocycles. The first-order valence-corrected chi connectivity index (χ1v) is 7.35. The van der Waals surface area contributed by atoms with Gasteiger partial charge in [-0.3, -0.25) is 9.59 Å². The number of rotatable bonds is 10. The first-order valence-electron chi connectivity index (χ1n) is 7.35. The van der Waals surface area contributed by atoms with Crippen LogP contribution in [0.5, 0.6) is 0 Å². The smallest absolute Gasteiger partial charge is 0.220 e. The molecule has 1 rings (SSSR count). The van der Waals surface area contributed by atoms with Gasteiger partial charge in [-0.2, -0.15) is 0 Å². The Labute approximate surface area is 115 Å². The number of allylic oxidation sites excluding steroid dienone is 3. The lowest BCUT2D eigenvalue weighted by Crippen LogP contribution is -2.11. The van der Waals surface area contributed by atoms with Crippen LogP contribution in [0, 0.1) is 0 Å². The Morgan fingerprint density at radius 3 is 2.21 bits per heavy atom. The predicted molar refractivity (Wildman–Crippen MR) is 75.8 cm³/mol. The van der Waals surface area contributed by atoms with Gasteiger partial charge < -0.3 is 4.74 Å². The van der Waals surface area contributed by atoms with Gasteiger partial charge in [0.15, 0.2) is 11.5 Å². The lowest BCUT2D eigenvalue weighted by molar-refractivity contribution is -0.117. The quantitative estimate of drug-likeness (QED) is 0.446. The van der Waals surface area contributed by atoms with Gasteiger partial charge in [-0.25, -0.2) is 0 Å². The zero-order valence-corrected chi connectivity index (χ0v) is 11.8. The highest BCUT2D eigenvalue weighted by atomic mass is 16.5. The summed E-state index contributed by atoms with van der Waals surface area (Å²) in [5, 5.41) is 0. The summed E-state index contributed by atoms with van der Waals surface area (Å²) in [7, 11) is 0. The molecule has 0 aromatic heterocycles. The van der Waals surface area contributed by atoms with E-state index in [0.29, 0.717) is 6.61 Å². The van der Waals surface area contributed by atoms with E-state index in [1.807, 2.05) is 0 Å². The van der Waals surface area contributed by atoms with Gasteiger partial charge in [0.05, 0.1) is 6.61 Å². The Morgan fingerprint density at radius 1 is 0.895 bits per heavy atom. The van der Waals surface area contributed by atoms with E-state index in [1.54, 1.807) is 0 Å². The van der Waals surface area contributed by atoms with Crippen molar-refractivity contribution < 1.29 is 14.3 Å². The number of hydrogen-bond acceptors (Lipinski definition) is 3. The van der Waals surface area contributed by atoms with E-state index >= 15 is 0 Å². The van der Waals surface area contributed by atoms with Crippen LogP contribution >= 0.6 is 0 Å². The largest absolute Gasteiger partial charge is 0.489 e. The summed E-state index contributed by atoms with van der Waals surface area (Å²) in [5.41, 5.74) is 0. The van der Waals surface area contributed by atoms with Gasteiger partial charge in [0.25, 0.3) is 0 Å². The summed E-state index contributed by atoms with van der Waals surface area (Å²) in [4.78, 5) is 22.5. The molecule has 0 bridgehead atoms. The van der Waals surface area contributed by atoms with Crippen LogP contribution in [0.4, 0.5) is 0 Å². The molecule has 0 saturated carbocycles. The average molecular weight is 264 g/mol. The van der Waals surface area contributed by atoms with E-state index in [4.69, 9.17) is 4.74 Å². The highest BCUT2D eigenvalue weighted by Gasteiger charge is 2.13. The number of hydrogen-bond donors (Lipinski definition) is 0. The third-order valence-corrected chi connectivity index (χ3v) is 3.17. The molecule has 0 aliphatic heterocycles. The van der Waals surface area contributed by atoms with E-state index in [0.717, 1.165) is 12.8 Å². The van der Waals surface area contributed by atoms with Crippen LogP contribution in [-0.4, -0.2) is 18.2 Å². The topological polar surface area (TPSA) is 43.4 Å². The highest BCUT2D eigenvalue weighted by Crippen LogP contribution is 2.11. The summed E-state index contributed by atoms with van der Waals surface area (Å²) >= 11 is 0. The second-order valence-corrected chi connectivity index (χ2v) is 4.93. The van der Waals surface area contributed by atoms with Gasteiger partial charge in [0.1, 0.15) is 0 Å². The first kappa shape index (κ1) is 15.7. The van der Waals surface area contributed by atoms with Gasteiger partial charge >= 0.3 is 0 Å². The van der Waals surface area contributed by atoms with Crippen molar-refractivity contribution >= 4 is 11.6 Å². The maximum Gasteiger partial charge on any atom is 0.220 e. The predicted octanol–water partition coefficient (Wildman–Crippen LogP) is 3.74. The van der Waals surface area contributed by atoms with Gasteiger partial charge in [-0.1, -0.05) is 51.9 Å². The maximum absolute atomic E-state index is 11.4. The summed E-state index contributed by atoms with van der Waals surface area (Å²) < 4.78 is 5.35. The molecule has 0 saturated heterocycles. The minimum atomic E-state index is -0.209. The van der Waals surface area contributed by atoms with Crippen molar-refractivity contribution in [3.8, 4) is 0 Å². The molecule has 106 valence electrons. The van der Waals surface area contributed by atoms with Crippen molar-refractivity contribution in [3.05, 3.63) is 24.0 Å². The second kappa shape index (κ2) is 9.54. The molecule has 3 heteroatoms. The Kier molecular flexibility index (Phi) is 7.87. The lowest BCUT2D eigenvalue weighted by atomic mass is 10.1. The molecule has 0 aromatic rings. The van der Waals surface area contributed by atoms with Crippen LogP contribution in [0.1, 0.15) is 58.3 Å². The highest BCUT2D eigenvalue weighted by molar-refractivity contribution is 6.16. The minimum absolute atomic E-state index is 0.175. The molecule has 0 unspecified atom stereocenters. The number of ketones is 2. The zero-order chi connectivity index (χ0) is 13.9. The molecule has 3 nitrogen and oxygen atoms in total. The normalized spacial score (nSPS) is 14.7. The van der Waals surface area contributed by atoms with E-state index in [2.05, 4.69) is 6.92 Å². The SMILES string of the molecule is CCCCCCCCCCOC1=CC(=O)C=CC1=O. The molecule has 0 fully saturated rings. The van der Waals surface area contributed by atoms with Crippen LogP contribution in [0.15, 0.2) is 24.0 Å². The Balaban J connectivity index is 1.99. The molecule has 0 spiro atoms. The van der Waals surface area contributed by atoms with E-state index in [1.165, 1.54) is 56.8 Å². The van der Waals surface area contributed by atoms with Crippen LogP contribution < -0.4 is 0 Å². The van der Waals surface area contributed by atoms with Crippen molar-refractivity contribution in [1.29, 1.82) is 0 Å². The zero-order valence-electron chi connectivity index (χ0n) is 11.8. The average Bonchev–Trinajstić information content (AvgIpc) is 2.40. The Morgan fingerprint density at radius 2 is 1.53 bits per heavy atom.